The molecule has 2 rings (SSSR count). The predicted molar refractivity (Wildman–Crippen MR) is 78.4 cm³/mol. The van der Waals surface area contributed by atoms with Gasteiger partial charge in [0.2, 0.25) is 0 Å². The lowest BCUT2D eigenvalue weighted by atomic mass is 10.1. The smallest absolute Gasteiger partial charge is 0.175 e. The zero-order valence-corrected chi connectivity index (χ0v) is 13.1. The number of halogens is 1. The summed E-state index contributed by atoms with van der Waals surface area (Å²) in [5.74, 6) is 0.111. The van der Waals surface area contributed by atoms with Gasteiger partial charge >= 0.3 is 0 Å². The van der Waals surface area contributed by atoms with Crippen LogP contribution in [0.5, 0.6) is 0 Å². The number of nitrogens with zero attached hydrogens (tertiary/aromatic N) is 2. The molecule has 1 aromatic carbocycles. The summed E-state index contributed by atoms with van der Waals surface area (Å²) < 4.78 is 1.81. The Morgan fingerprint density at radius 3 is 2.56 bits per heavy atom. The second kappa shape index (κ2) is 5.95. The molecule has 1 heterocycles. The molecule has 2 aromatic rings. The predicted octanol–water partition coefficient (Wildman–Crippen LogP) is 3.97. The molecule has 0 bridgehead atoms. The third-order valence-corrected chi connectivity index (χ3v) is 4.83. The van der Waals surface area contributed by atoms with Gasteiger partial charge in [-0.3, -0.25) is 4.79 Å². The zero-order chi connectivity index (χ0) is 13.1. The quantitative estimate of drug-likeness (QED) is 0.622. The SMILES string of the molecule is Cc1nnc(S[C@H](C)C(=O)c2ccc(Br)cc2)s1. The first-order valence-electron chi connectivity index (χ1n) is 5.33. The summed E-state index contributed by atoms with van der Waals surface area (Å²) in [5.41, 5.74) is 0.722. The van der Waals surface area contributed by atoms with Crippen LogP contribution >= 0.6 is 39.0 Å². The Kier molecular flexibility index (Phi) is 4.53. The maximum absolute atomic E-state index is 12.2. The van der Waals surface area contributed by atoms with Crippen molar-refractivity contribution in [3.05, 3.63) is 39.3 Å². The van der Waals surface area contributed by atoms with Gasteiger partial charge in [-0.15, -0.1) is 10.2 Å². The fraction of sp³-hybridized carbons (Fsp3) is 0.250. The number of thioether (sulfide) groups is 1. The number of rotatable bonds is 4. The van der Waals surface area contributed by atoms with Crippen LogP contribution in [0.3, 0.4) is 0 Å². The molecule has 94 valence electrons. The molecule has 0 aliphatic rings. The van der Waals surface area contributed by atoms with Crippen LogP contribution in [0.1, 0.15) is 22.3 Å². The fourth-order valence-corrected chi connectivity index (χ4v) is 3.68. The van der Waals surface area contributed by atoms with Gasteiger partial charge in [-0.05, 0) is 26.0 Å². The molecule has 3 nitrogen and oxygen atoms in total. The number of hydrogen-bond acceptors (Lipinski definition) is 5. The topological polar surface area (TPSA) is 42.9 Å². The Morgan fingerprint density at radius 1 is 1.33 bits per heavy atom. The minimum atomic E-state index is -0.154. The van der Waals surface area contributed by atoms with Gasteiger partial charge in [-0.2, -0.15) is 0 Å². The Morgan fingerprint density at radius 2 is 2.00 bits per heavy atom. The number of ketones is 1. The van der Waals surface area contributed by atoms with Crippen LogP contribution in [-0.2, 0) is 0 Å². The van der Waals surface area contributed by atoms with E-state index in [9.17, 15) is 4.79 Å². The maximum Gasteiger partial charge on any atom is 0.175 e. The van der Waals surface area contributed by atoms with E-state index in [0.717, 1.165) is 19.4 Å². The van der Waals surface area contributed by atoms with E-state index in [0.29, 0.717) is 0 Å². The number of hydrogen-bond donors (Lipinski definition) is 0. The highest BCUT2D eigenvalue weighted by molar-refractivity contribution is 9.10. The van der Waals surface area contributed by atoms with Crippen LogP contribution in [0.2, 0.25) is 0 Å². The van der Waals surface area contributed by atoms with Crippen LogP contribution in [0.25, 0.3) is 0 Å². The average Bonchev–Trinajstić information content (AvgIpc) is 2.75. The van der Waals surface area contributed by atoms with Gasteiger partial charge < -0.3 is 0 Å². The van der Waals surface area contributed by atoms with Crippen molar-refractivity contribution in [2.75, 3.05) is 0 Å². The second-order valence-corrected chi connectivity index (χ2v) is 7.40. The lowest BCUT2D eigenvalue weighted by Gasteiger charge is -2.07. The van der Waals surface area contributed by atoms with Crippen LogP contribution in [0, 0.1) is 6.92 Å². The van der Waals surface area contributed by atoms with Crippen molar-refractivity contribution in [1.82, 2.24) is 10.2 Å². The van der Waals surface area contributed by atoms with E-state index in [4.69, 9.17) is 0 Å². The fourth-order valence-electron chi connectivity index (χ4n) is 1.38. The Balaban J connectivity index is 2.07. The summed E-state index contributed by atoms with van der Waals surface area (Å²) in [7, 11) is 0. The highest BCUT2D eigenvalue weighted by Gasteiger charge is 2.18. The molecule has 0 saturated carbocycles. The standard InChI is InChI=1S/C12H11BrN2OS2/c1-7(17-12-15-14-8(2)18-12)11(16)9-3-5-10(13)6-4-9/h3-7H,1-2H3/t7-/m1/s1. The third kappa shape index (κ3) is 3.40. The molecule has 0 fully saturated rings. The molecule has 0 aliphatic carbocycles. The van der Waals surface area contributed by atoms with Crippen molar-refractivity contribution >= 4 is 44.8 Å². The van der Waals surface area contributed by atoms with Crippen molar-refractivity contribution in [1.29, 1.82) is 0 Å². The van der Waals surface area contributed by atoms with Crippen molar-refractivity contribution in [3.8, 4) is 0 Å². The first kappa shape index (κ1) is 13.7. The molecule has 0 aliphatic heterocycles. The normalized spacial score (nSPS) is 12.4. The summed E-state index contributed by atoms with van der Waals surface area (Å²) in [6, 6.07) is 7.41. The van der Waals surface area contributed by atoms with Crippen molar-refractivity contribution in [3.63, 3.8) is 0 Å². The van der Waals surface area contributed by atoms with E-state index in [2.05, 4.69) is 26.1 Å². The van der Waals surface area contributed by atoms with Crippen LogP contribution < -0.4 is 0 Å². The number of carbonyl (C=O) groups is 1. The molecule has 1 atom stereocenters. The number of carbonyl (C=O) groups excluding carboxylic acids is 1. The van der Waals surface area contributed by atoms with Crippen molar-refractivity contribution in [2.45, 2.75) is 23.4 Å². The van der Waals surface area contributed by atoms with Crippen LogP contribution in [0.15, 0.2) is 33.1 Å². The highest BCUT2D eigenvalue weighted by atomic mass is 79.9. The number of Topliss-reactive ketones (excluding diaryl/α,β-unsaturated/α-hetero) is 1. The molecule has 6 heteroatoms. The van der Waals surface area contributed by atoms with E-state index < -0.39 is 0 Å². The van der Waals surface area contributed by atoms with Gasteiger partial charge in [0, 0.05) is 10.0 Å². The lowest BCUT2D eigenvalue weighted by Crippen LogP contribution is -2.13. The zero-order valence-electron chi connectivity index (χ0n) is 9.88. The van der Waals surface area contributed by atoms with Gasteiger partial charge in [0.1, 0.15) is 5.01 Å². The maximum atomic E-state index is 12.2. The molecule has 0 unspecified atom stereocenters. The molecular formula is C12H11BrN2OS2. The molecule has 0 saturated heterocycles. The van der Waals surface area contributed by atoms with Crippen LogP contribution in [-0.4, -0.2) is 21.2 Å². The number of aryl methyl sites for hydroxylation is 1. The summed E-state index contributed by atoms with van der Waals surface area (Å²) in [5, 5.41) is 8.72. The molecule has 0 amide bonds. The molecular weight excluding hydrogens is 332 g/mol. The molecule has 0 N–H and O–H groups in total. The number of aromatic nitrogens is 2. The Hall–Kier alpha value is -0.720. The van der Waals surface area contributed by atoms with Crippen molar-refractivity contribution < 1.29 is 4.79 Å². The average molecular weight is 343 g/mol. The molecule has 1 aromatic heterocycles. The second-order valence-electron chi connectivity index (χ2n) is 3.72. The van der Waals surface area contributed by atoms with Gasteiger partial charge in [0.05, 0.1) is 5.25 Å². The van der Waals surface area contributed by atoms with Gasteiger partial charge in [0.25, 0.3) is 0 Å². The first-order valence-corrected chi connectivity index (χ1v) is 7.81. The van der Waals surface area contributed by atoms with E-state index in [-0.39, 0.29) is 11.0 Å². The van der Waals surface area contributed by atoms with E-state index in [1.54, 1.807) is 0 Å². The highest BCUT2D eigenvalue weighted by Crippen LogP contribution is 2.28. The van der Waals surface area contributed by atoms with Crippen LogP contribution in [0.4, 0.5) is 0 Å². The molecule has 0 spiro atoms. The summed E-state index contributed by atoms with van der Waals surface area (Å²) >= 11 is 6.32. The van der Waals surface area contributed by atoms with E-state index in [1.165, 1.54) is 23.1 Å². The monoisotopic (exact) mass is 342 g/mol. The minimum Gasteiger partial charge on any atom is -0.293 e. The van der Waals surface area contributed by atoms with Crippen molar-refractivity contribution in [2.24, 2.45) is 0 Å². The molecule has 0 radical (unpaired) electrons. The first-order chi connectivity index (χ1) is 8.56. The van der Waals surface area contributed by atoms with E-state index in [1.807, 2.05) is 38.1 Å². The Bertz CT molecular complexity index is 553. The third-order valence-electron chi connectivity index (χ3n) is 2.28. The van der Waals surface area contributed by atoms with Gasteiger partial charge in [0.15, 0.2) is 10.1 Å². The summed E-state index contributed by atoms with van der Waals surface area (Å²) in [6.45, 7) is 3.80. The minimum absolute atomic E-state index is 0.111. The Labute approximate surface area is 122 Å². The van der Waals surface area contributed by atoms with E-state index >= 15 is 0 Å². The van der Waals surface area contributed by atoms with Gasteiger partial charge in [-0.1, -0.05) is 51.2 Å². The summed E-state index contributed by atoms with van der Waals surface area (Å²) in [6.07, 6.45) is 0. The van der Waals surface area contributed by atoms with Gasteiger partial charge in [-0.25, -0.2) is 0 Å². The lowest BCUT2D eigenvalue weighted by molar-refractivity contribution is 0.0994. The largest absolute Gasteiger partial charge is 0.293 e. The summed E-state index contributed by atoms with van der Waals surface area (Å²) in [4.78, 5) is 12.2. The number of benzene rings is 1. The molecule has 18 heavy (non-hydrogen) atoms.